The van der Waals surface area contributed by atoms with E-state index < -0.39 is 10.0 Å². The molecule has 29 heavy (non-hydrogen) atoms. The molecule has 0 saturated carbocycles. The summed E-state index contributed by atoms with van der Waals surface area (Å²) in [6.45, 7) is 8.44. The van der Waals surface area contributed by atoms with Crippen molar-refractivity contribution in [3.63, 3.8) is 0 Å². The lowest BCUT2D eigenvalue weighted by Crippen LogP contribution is -2.46. The van der Waals surface area contributed by atoms with Crippen LogP contribution in [0, 0.1) is 6.92 Å². The SMILES string of the molecule is Cc1cccc(CN2CCN(c3ccc(S(=O)(=O)N4CCOCC4)cn3)CC2)c1. The Morgan fingerprint density at radius 1 is 1.00 bits per heavy atom. The summed E-state index contributed by atoms with van der Waals surface area (Å²) in [6, 6.07) is 12.1. The van der Waals surface area contributed by atoms with E-state index in [9.17, 15) is 8.42 Å². The van der Waals surface area contributed by atoms with Crippen molar-refractivity contribution in [3.8, 4) is 0 Å². The summed E-state index contributed by atoms with van der Waals surface area (Å²) in [4.78, 5) is 9.37. The van der Waals surface area contributed by atoms with Crippen LogP contribution in [0.4, 0.5) is 5.82 Å². The van der Waals surface area contributed by atoms with Gasteiger partial charge in [-0.25, -0.2) is 13.4 Å². The fraction of sp³-hybridized carbons (Fsp3) is 0.476. The Hall–Kier alpha value is -2.00. The first-order valence-electron chi connectivity index (χ1n) is 10.1. The van der Waals surface area contributed by atoms with Gasteiger partial charge in [0.25, 0.3) is 0 Å². The number of hydrogen-bond donors (Lipinski definition) is 0. The van der Waals surface area contributed by atoms with E-state index in [1.165, 1.54) is 21.6 Å². The molecule has 0 radical (unpaired) electrons. The third kappa shape index (κ3) is 4.78. The van der Waals surface area contributed by atoms with E-state index in [2.05, 4.69) is 46.0 Å². The molecule has 2 aliphatic rings. The monoisotopic (exact) mass is 416 g/mol. The Kier molecular flexibility index (Phi) is 6.15. The molecular formula is C21H28N4O3S. The molecule has 1 aromatic carbocycles. The van der Waals surface area contributed by atoms with E-state index >= 15 is 0 Å². The molecule has 0 aliphatic carbocycles. The van der Waals surface area contributed by atoms with Crippen LogP contribution in [0.25, 0.3) is 0 Å². The van der Waals surface area contributed by atoms with Gasteiger partial charge < -0.3 is 9.64 Å². The van der Waals surface area contributed by atoms with Crippen LogP contribution < -0.4 is 4.90 Å². The van der Waals surface area contributed by atoms with Gasteiger partial charge in [-0.05, 0) is 24.6 Å². The van der Waals surface area contributed by atoms with Crippen molar-refractivity contribution < 1.29 is 13.2 Å². The second-order valence-electron chi connectivity index (χ2n) is 7.62. The Balaban J connectivity index is 1.35. The molecule has 2 aromatic rings. The number of benzene rings is 1. The van der Waals surface area contributed by atoms with Gasteiger partial charge in [-0.3, -0.25) is 4.90 Å². The van der Waals surface area contributed by atoms with E-state index in [1.54, 1.807) is 6.07 Å². The van der Waals surface area contributed by atoms with E-state index in [0.717, 1.165) is 38.5 Å². The third-order valence-electron chi connectivity index (χ3n) is 5.51. The van der Waals surface area contributed by atoms with Gasteiger partial charge in [-0.15, -0.1) is 0 Å². The van der Waals surface area contributed by atoms with Crippen molar-refractivity contribution in [1.29, 1.82) is 0 Å². The lowest BCUT2D eigenvalue weighted by Gasteiger charge is -2.35. The molecule has 2 fully saturated rings. The Bertz CT molecular complexity index is 919. The van der Waals surface area contributed by atoms with Gasteiger partial charge in [0.05, 0.1) is 13.2 Å². The van der Waals surface area contributed by atoms with E-state index in [-0.39, 0.29) is 4.90 Å². The van der Waals surface area contributed by atoms with Crippen LogP contribution >= 0.6 is 0 Å². The zero-order valence-electron chi connectivity index (χ0n) is 16.8. The number of morpholine rings is 1. The van der Waals surface area contributed by atoms with Gasteiger partial charge in [0.15, 0.2) is 0 Å². The van der Waals surface area contributed by atoms with Crippen LogP contribution in [0.3, 0.4) is 0 Å². The largest absolute Gasteiger partial charge is 0.379 e. The van der Waals surface area contributed by atoms with Gasteiger partial charge in [0.2, 0.25) is 10.0 Å². The van der Waals surface area contributed by atoms with Gasteiger partial charge in [0, 0.05) is 52.0 Å². The second kappa shape index (κ2) is 8.79. The number of ether oxygens (including phenoxy) is 1. The molecule has 0 spiro atoms. The summed E-state index contributed by atoms with van der Waals surface area (Å²) in [5, 5.41) is 0. The highest BCUT2D eigenvalue weighted by Crippen LogP contribution is 2.20. The summed E-state index contributed by atoms with van der Waals surface area (Å²) in [7, 11) is -3.49. The van der Waals surface area contributed by atoms with E-state index in [4.69, 9.17) is 4.74 Å². The van der Waals surface area contributed by atoms with Crippen molar-refractivity contribution in [3.05, 3.63) is 53.7 Å². The highest BCUT2D eigenvalue weighted by atomic mass is 32.2. The minimum Gasteiger partial charge on any atom is -0.379 e. The van der Waals surface area contributed by atoms with Crippen LogP contribution in [0.1, 0.15) is 11.1 Å². The summed E-state index contributed by atoms with van der Waals surface area (Å²) in [5.41, 5.74) is 2.63. The van der Waals surface area contributed by atoms with Crippen molar-refractivity contribution in [2.45, 2.75) is 18.4 Å². The molecule has 156 valence electrons. The highest BCUT2D eigenvalue weighted by molar-refractivity contribution is 7.89. The maximum atomic E-state index is 12.7. The van der Waals surface area contributed by atoms with Gasteiger partial charge >= 0.3 is 0 Å². The minimum atomic E-state index is -3.49. The Morgan fingerprint density at radius 2 is 1.76 bits per heavy atom. The van der Waals surface area contributed by atoms with Crippen molar-refractivity contribution >= 4 is 15.8 Å². The number of rotatable bonds is 5. The van der Waals surface area contributed by atoms with Crippen LogP contribution in [-0.2, 0) is 21.3 Å². The number of aryl methyl sites for hydroxylation is 1. The molecule has 0 amide bonds. The van der Waals surface area contributed by atoms with Crippen molar-refractivity contribution in [2.75, 3.05) is 57.4 Å². The Morgan fingerprint density at radius 3 is 2.41 bits per heavy atom. The number of aromatic nitrogens is 1. The fourth-order valence-corrected chi connectivity index (χ4v) is 5.21. The molecular weight excluding hydrogens is 388 g/mol. The van der Waals surface area contributed by atoms with E-state index in [0.29, 0.717) is 26.3 Å². The topological polar surface area (TPSA) is 66.0 Å². The van der Waals surface area contributed by atoms with Gasteiger partial charge in [0.1, 0.15) is 10.7 Å². The quantitative estimate of drug-likeness (QED) is 0.740. The summed E-state index contributed by atoms with van der Waals surface area (Å²) in [6.07, 6.45) is 1.49. The van der Waals surface area contributed by atoms with Gasteiger partial charge in [-0.1, -0.05) is 29.8 Å². The first-order valence-corrected chi connectivity index (χ1v) is 11.5. The molecule has 3 heterocycles. The van der Waals surface area contributed by atoms with Gasteiger partial charge in [-0.2, -0.15) is 4.31 Å². The maximum Gasteiger partial charge on any atom is 0.244 e. The summed E-state index contributed by atoms with van der Waals surface area (Å²) < 4.78 is 32.2. The molecule has 2 saturated heterocycles. The fourth-order valence-electron chi connectivity index (χ4n) is 3.85. The van der Waals surface area contributed by atoms with Crippen LogP contribution in [0.2, 0.25) is 0 Å². The first kappa shape index (κ1) is 20.3. The minimum absolute atomic E-state index is 0.251. The number of piperazine rings is 1. The Labute approximate surface area is 172 Å². The smallest absolute Gasteiger partial charge is 0.244 e. The van der Waals surface area contributed by atoms with E-state index in [1.807, 2.05) is 6.07 Å². The maximum absolute atomic E-state index is 12.7. The normalized spacial score (nSPS) is 19.4. The number of anilines is 1. The summed E-state index contributed by atoms with van der Waals surface area (Å²) >= 11 is 0. The molecule has 4 rings (SSSR count). The molecule has 0 bridgehead atoms. The van der Waals surface area contributed by atoms with Crippen LogP contribution in [0.5, 0.6) is 0 Å². The number of pyridine rings is 1. The zero-order valence-corrected chi connectivity index (χ0v) is 17.6. The highest BCUT2D eigenvalue weighted by Gasteiger charge is 2.27. The van der Waals surface area contributed by atoms with Crippen molar-refractivity contribution in [2.24, 2.45) is 0 Å². The van der Waals surface area contributed by atoms with Crippen LogP contribution in [-0.4, -0.2) is 75.1 Å². The second-order valence-corrected chi connectivity index (χ2v) is 9.56. The van der Waals surface area contributed by atoms with Crippen LogP contribution in [0.15, 0.2) is 47.5 Å². The number of hydrogen-bond acceptors (Lipinski definition) is 6. The molecule has 0 atom stereocenters. The summed E-state index contributed by atoms with van der Waals surface area (Å²) in [5.74, 6) is 0.834. The zero-order chi connectivity index (χ0) is 20.3. The lowest BCUT2D eigenvalue weighted by atomic mass is 10.1. The molecule has 0 unspecified atom stereocenters. The number of sulfonamides is 1. The molecule has 1 aromatic heterocycles. The third-order valence-corrected chi connectivity index (χ3v) is 7.40. The van der Waals surface area contributed by atoms with Crippen molar-refractivity contribution in [1.82, 2.24) is 14.2 Å². The molecule has 8 heteroatoms. The molecule has 2 aliphatic heterocycles. The number of nitrogens with zero attached hydrogens (tertiary/aromatic N) is 4. The lowest BCUT2D eigenvalue weighted by molar-refractivity contribution is 0.0730. The predicted molar refractivity (Wildman–Crippen MR) is 112 cm³/mol. The first-order chi connectivity index (χ1) is 14.0. The average Bonchev–Trinajstić information content (AvgIpc) is 2.75. The standard InChI is InChI=1S/C21H28N4O3S/c1-18-3-2-4-19(15-18)17-23-7-9-24(10-8-23)21-6-5-20(16-22-21)29(26,27)25-11-13-28-14-12-25/h2-6,15-16H,7-14,17H2,1H3. The molecule has 7 nitrogen and oxygen atoms in total. The molecule has 0 N–H and O–H groups in total. The average molecular weight is 417 g/mol. The predicted octanol–water partition coefficient (Wildman–Crippen LogP) is 1.73.